The van der Waals surface area contributed by atoms with Crippen LogP contribution < -0.4 is 0 Å². The lowest BCUT2D eigenvalue weighted by molar-refractivity contribution is -0.171. The second-order valence-electron chi connectivity index (χ2n) is 5.02. The van der Waals surface area contributed by atoms with E-state index in [1.165, 1.54) is 0 Å². The molecule has 15 heavy (non-hydrogen) atoms. The van der Waals surface area contributed by atoms with Crippen LogP contribution in [0.1, 0.15) is 26.7 Å². The number of carbonyl (C=O) groups excluding carboxylic acids is 1. The molecule has 3 aliphatic rings. The molecule has 4 atom stereocenters. The zero-order valence-corrected chi connectivity index (χ0v) is 8.73. The summed E-state index contributed by atoms with van der Waals surface area (Å²) in [7, 11) is 0. The first-order chi connectivity index (χ1) is 6.90. The highest BCUT2D eigenvalue weighted by Crippen LogP contribution is 2.46. The largest absolute Gasteiger partial charge is 0.457 e. The molecule has 0 aromatic carbocycles. The second-order valence-corrected chi connectivity index (χ2v) is 5.02. The van der Waals surface area contributed by atoms with Crippen LogP contribution in [0.25, 0.3) is 0 Å². The summed E-state index contributed by atoms with van der Waals surface area (Å²) in [4.78, 5) is 11.4. The van der Waals surface area contributed by atoms with Gasteiger partial charge >= 0.3 is 5.97 Å². The fourth-order valence-corrected chi connectivity index (χ4v) is 2.72. The molecular formula is C10H14O5. The summed E-state index contributed by atoms with van der Waals surface area (Å²) in [6.45, 7) is 3.65. The van der Waals surface area contributed by atoms with Gasteiger partial charge in [0.1, 0.15) is 12.2 Å². The Kier molecular flexibility index (Phi) is 1.62. The highest BCUT2D eigenvalue weighted by molar-refractivity contribution is 5.82. The zero-order valence-electron chi connectivity index (χ0n) is 8.73. The van der Waals surface area contributed by atoms with E-state index in [2.05, 4.69) is 0 Å². The normalized spacial score (nSPS) is 51.4. The van der Waals surface area contributed by atoms with Crippen LogP contribution in [0, 0.1) is 0 Å². The van der Waals surface area contributed by atoms with E-state index in [1.54, 1.807) is 0 Å². The van der Waals surface area contributed by atoms with Crippen LogP contribution in [0.4, 0.5) is 0 Å². The maximum Gasteiger partial charge on any atom is 0.338 e. The van der Waals surface area contributed by atoms with E-state index < -0.39 is 17.4 Å². The monoisotopic (exact) mass is 214 g/mol. The number of hydrogen-bond acceptors (Lipinski definition) is 5. The number of aliphatic hydroxyl groups is 1. The summed E-state index contributed by atoms with van der Waals surface area (Å²) in [5.41, 5.74) is -1.35. The van der Waals surface area contributed by atoms with Crippen molar-refractivity contribution < 1.29 is 24.1 Å². The molecule has 2 saturated heterocycles. The Bertz CT molecular complexity index is 326. The molecule has 1 aliphatic carbocycles. The minimum atomic E-state index is -1.35. The molecule has 0 unspecified atom stereocenters. The van der Waals surface area contributed by atoms with E-state index in [4.69, 9.17) is 14.2 Å². The van der Waals surface area contributed by atoms with Gasteiger partial charge in [0.2, 0.25) is 0 Å². The van der Waals surface area contributed by atoms with Gasteiger partial charge in [-0.25, -0.2) is 4.79 Å². The van der Waals surface area contributed by atoms with Crippen molar-refractivity contribution >= 4 is 5.97 Å². The number of ether oxygens (including phenoxy) is 3. The highest BCUT2D eigenvalue weighted by Gasteiger charge is 2.62. The van der Waals surface area contributed by atoms with Gasteiger partial charge < -0.3 is 19.3 Å². The third-order valence-corrected chi connectivity index (χ3v) is 3.30. The van der Waals surface area contributed by atoms with Crippen LogP contribution in [0.3, 0.4) is 0 Å². The lowest BCUT2D eigenvalue weighted by Gasteiger charge is -2.29. The van der Waals surface area contributed by atoms with Crippen LogP contribution in [-0.4, -0.2) is 40.8 Å². The number of rotatable bonds is 0. The lowest BCUT2D eigenvalue weighted by Crippen LogP contribution is -2.47. The number of esters is 1. The molecule has 0 radical (unpaired) electrons. The Balaban J connectivity index is 1.90. The standard InChI is InChI=1S/C10H14O5/c1-9(2)14-6-4-10(12)3-5(7(6)15-9)13-8(10)11/h5-7,12H,3-4H2,1-2H3/t5-,6+,7+,10+/m1/s1. The van der Waals surface area contributed by atoms with Crippen molar-refractivity contribution in [2.75, 3.05) is 0 Å². The minimum Gasteiger partial charge on any atom is -0.457 e. The van der Waals surface area contributed by atoms with E-state index in [1.807, 2.05) is 13.8 Å². The molecule has 0 aromatic heterocycles. The summed E-state index contributed by atoms with van der Waals surface area (Å²) < 4.78 is 16.4. The molecule has 1 N–H and O–H groups in total. The fraction of sp³-hybridized carbons (Fsp3) is 0.900. The van der Waals surface area contributed by atoms with Crippen molar-refractivity contribution in [3.05, 3.63) is 0 Å². The van der Waals surface area contributed by atoms with Crippen molar-refractivity contribution in [2.24, 2.45) is 0 Å². The summed E-state index contributed by atoms with van der Waals surface area (Å²) in [5, 5.41) is 10.00. The summed E-state index contributed by atoms with van der Waals surface area (Å²) in [6.07, 6.45) is -0.229. The van der Waals surface area contributed by atoms with Crippen molar-refractivity contribution in [1.82, 2.24) is 0 Å². The molecule has 3 rings (SSSR count). The van der Waals surface area contributed by atoms with E-state index >= 15 is 0 Å². The van der Waals surface area contributed by atoms with Gasteiger partial charge in [-0.1, -0.05) is 0 Å². The van der Waals surface area contributed by atoms with Crippen LogP contribution in [0.5, 0.6) is 0 Å². The third-order valence-electron chi connectivity index (χ3n) is 3.30. The molecule has 0 amide bonds. The van der Waals surface area contributed by atoms with Gasteiger partial charge in [0.05, 0.1) is 6.10 Å². The van der Waals surface area contributed by atoms with E-state index in [9.17, 15) is 9.90 Å². The van der Waals surface area contributed by atoms with Gasteiger partial charge in [-0.2, -0.15) is 0 Å². The van der Waals surface area contributed by atoms with Gasteiger partial charge in [-0.05, 0) is 13.8 Å². The quantitative estimate of drug-likeness (QED) is 0.573. The Hall–Kier alpha value is -0.650. The summed E-state index contributed by atoms with van der Waals surface area (Å²) >= 11 is 0. The van der Waals surface area contributed by atoms with E-state index in [0.29, 0.717) is 6.42 Å². The summed E-state index contributed by atoms with van der Waals surface area (Å²) in [5.74, 6) is -1.19. The number of fused-ring (bicyclic) bond motifs is 4. The van der Waals surface area contributed by atoms with Crippen molar-refractivity contribution in [2.45, 2.75) is 56.4 Å². The van der Waals surface area contributed by atoms with Gasteiger partial charge in [0.15, 0.2) is 11.4 Å². The molecule has 0 aromatic rings. The Morgan fingerprint density at radius 3 is 2.67 bits per heavy atom. The zero-order chi connectivity index (χ0) is 10.8. The van der Waals surface area contributed by atoms with Crippen molar-refractivity contribution in [1.29, 1.82) is 0 Å². The molecular weight excluding hydrogens is 200 g/mol. The molecule has 1 saturated carbocycles. The van der Waals surface area contributed by atoms with Crippen LogP contribution >= 0.6 is 0 Å². The minimum absolute atomic E-state index is 0.230. The molecule has 2 aliphatic heterocycles. The first-order valence-corrected chi connectivity index (χ1v) is 5.19. The molecule has 5 nitrogen and oxygen atoms in total. The highest BCUT2D eigenvalue weighted by atomic mass is 16.8. The topological polar surface area (TPSA) is 65.0 Å². The SMILES string of the molecule is CC1(C)O[C@@H]2[C@H](C[C@@]3(O)C[C@H]2OC3=O)O1. The van der Waals surface area contributed by atoms with Crippen LogP contribution in [0.15, 0.2) is 0 Å². The summed E-state index contributed by atoms with van der Waals surface area (Å²) in [6, 6.07) is 0. The van der Waals surface area contributed by atoms with Crippen molar-refractivity contribution in [3.63, 3.8) is 0 Å². The first-order valence-electron chi connectivity index (χ1n) is 5.19. The molecule has 3 fully saturated rings. The lowest BCUT2D eigenvalue weighted by atomic mass is 9.82. The van der Waals surface area contributed by atoms with E-state index in [-0.39, 0.29) is 24.7 Å². The van der Waals surface area contributed by atoms with E-state index in [0.717, 1.165) is 0 Å². The number of carbonyl (C=O) groups is 1. The predicted molar refractivity (Wildman–Crippen MR) is 47.9 cm³/mol. The average Bonchev–Trinajstić information content (AvgIpc) is 2.50. The van der Waals surface area contributed by atoms with Crippen LogP contribution in [-0.2, 0) is 19.0 Å². The van der Waals surface area contributed by atoms with Crippen LogP contribution in [0.2, 0.25) is 0 Å². The van der Waals surface area contributed by atoms with Gasteiger partial charge in [0, 0.05) is 12.8 Å². The third kappa shape index (κ3) is 1.23. The predicted octanol–water partition coefficient (Wildman–Crippen LogP) is -0.0432. The van der Waals surface area contributed by atoms with Gasteiger partial charge in [0.25, 0.3) is 0 Å². The molecule has 2 heterocycles. The average molecular weight is 214 g/mol. The fourth-order valence-electron chi connectivity index (χ4n) is 2.72. The maximum atomic E-state index is 11.4. The second kappa shape index (κ2) is 2.53. The number of hydrogen-bond donors (Lipinski definition) is 1. The smallest absolute Gasteiger partial charge is 0.338 e. The Labute approximate surface area is 87.3 Å². The molecule has 84 valence electrons. The van der Waals surface area contributed by atoms with Gasteiger partial charge in [-0.3, -0.25) is 0 Å². The Morgan fingerprint density at radius 2 is 1.93 bits per heavy atom. The molecule has 5 heteroatoms. The van der Waals surface area contributed by atoms with Gasteiger partial charge in [-0.15, -0.1) is 0 Å². The van der Waals surface area contributed by atoms with Crippen molar-refractivity contribution in [3.8, 4) is 0 Å². The molecule has 0 spiro atoms. The Morgan fingerprint density at radius 1 is 1.27 bits per heavy atom. The molecule has 2 bridgehead atoms. The first kappa shape index (κ1) is 9.57. The maximum absolute atomic E-state index is 11.4.